The van der Waals surface area contributed by atoms with E-state index in [2.05, 4.69) is 14.8 Å². The first-order valence-corrected chi connectivity index (χ1v) is 9.90. The minimum Gasteiger partial charge on any atom is -0.416 e. The highest BCUT2D eigenvalue weighted by Crippen LogP contribution is 2.39. The number of Topliss-reactive ketones (excluding diaryl/α,β-unsaturated/α-hetero) is 1. The van der Waals surface area contributed by atoms with Crippen molar-refractivity contribution >= 4 is 17.5 Å². The highest BCUT2D eigenvalue weighted by atomic mass is 32.2. The van der Waals surface area contributed by atoms with Crippen molar-refractivity contribution in [3.63, 3.8) is 0 Å². The van der Waals surface area contributed by atoms with Crippen LogP contribution in [0, 0.1) is 19.7 Å². The zero-order valence-corrected chi connectivity index (χ0v) is 16.1. The summed E-state index contributed by atoms with van der Waals surface area (Å²) in [5.41, 5.74) is 3.60. The molecule has 7 heteroatoms. The van der Waals surface area contributed by atoms with Crippen LogP contribution in [0.4, 0.5) is 4.39 Å². The van der Waals surface area contributed by atoms with Gasteiger partial charge in [-0.1, -0.05) is 23.9 Å². The SMILES string of the molecule is Cc1cc(C(=O)CSc2nnc(C3CC3)o2)c(C)n1Cc1ccc(F)cc1. The summed E-state index contributed by atoms with van der Waals surface area (Å²) >= 11 is 1.28. The molecular formula is C20H20FN3O2S. The molecule has 0 aliphatic heterocycles. The summed E-state index contributed by atoms with van der Waals surface area (Å²) in [6, 6.07) is 8.33. The van der Waals surface area contributed by atoms with Gasteiger partial charge in [-0.25, -0.2) is 4.39 Å². The van der Waals surface area contributed by atoms with Crippen LogP contribution in [-0.2, 0) is 6.54 Å². The van der Waals surface area contributed by atoms with Crippen LogP contribution in [-0.4, -0.2) is 26.3 Å². The van der Waals surface area contributed by atoms with Gasteiger partial charge < -0.3 is 8.98 Å². The van der Waals surface area contributed by atoms with Crippen molar-refractivity contribution in [2.45, 2.75) is 44.4 Å². The average molecular weight is 385 g/mol. The average Bonchev–Trinajstić information content (AvgIpc) is 3.34. The molecule has 0 bridgehead atoms. The minimum atomic E-state index is -0.251. The Morgan fingerprint density at radius 3 is 2.70 bits per heavy atom. The van der Waals surface area contributed by atoms with Gasteiger partial charge in [0, 0.05) is 29.4 Å². The summed E-state index contributed by atoms with van der Waals surface area (Å²) in [5, 5.41) is 8.50. The summed E-state index contributed by atoms with van der Waals surface area (Å²) in [6.45, 7) is 4.51. The number of aromatic nitrogens is 3. The number of aryl methyl sites for hydroxylation is 1. The lowest BCUT2D eigenvalue weighted by atomic mass is 10.2. The van der Waals surface area contributed by atoms with Crippen LogP contribution in [0.5, 0.6) is 0 Å². The maximum Gasteiger partial charge on any atom is 0.277 e. The Morgan fingerprint density at radius 1 is 1.26 bits per heavy atom. The Labute approximate surface area is 161 Å². The number of halogens is 1. The lowest BCUT2D eigenvalue weighted by molar-refractivity contribution is 0.102. The number of hydrogen-bond donors (Lipinski definition) is 0. The number of carbonyl (C=O) groups is 1. The second-order valence-electron chi connectivity index (χ2n) is 6.89. The van der Waals surface area contributed by atoms with E-state index in [1.54, 1.807) is 12.1 Å². The van der Waals surface area contributed by atoms with Gasteiger partial charge in [0.25, 0.3) is 5.22 Å². The summed E-state index contributed by atoms with van der Waals surface area (Å²) in [4.78, 5) is 12.7. The quantitative estimate of drug-likeness (QED) is 0.442. The van der Waals surface area contributed by atoms with Gasteiger partial charge in [-0.2, -0.15) is 0 Å². The topological polar surface area (TPSA) is 60.9 Å². The van der Waals surface area contributed by atoms with E-state index in [1.807, 2.05) is 19.9 Å². The Morgan fingerprint density at radius 2 is 2.00 bits per heavy atom. The molecule has 2 heterocycles. The third-order valence-electron chi connectivity index (χ3n) is 4.80. The molecule has 27 heavy (non-hydrogen) atoms. The number of hydrogen-bond acceptors (Lipinski definition) is 5. The summed E-state index contributed by atoms with van der Waals surface area (Å²) in [5.74, 6) is 1.13. The van der Waals surface area contributed by atoms with Crippen molar-refractivity contribution in [1.82, 2.24) is 14.8 Å². The number of carbonyl (C=O) groups excluding carboxylic acids is 1. The maximum atomic E-state index is 13.1. The maximum absolute atomic E-state index is 13.1. The summed E-state index contributed by atoms with van der Waals surface area (Å²) in [7, 11) is 0. The molecule has 0 amide bonds. The molecule has 0 N–H and O–H groups in total. The Bertz CT molecular complexity index is 974. The normalized spacial score (nSPS) is 13.9. The predicted molar refractivity (Wildman–Crippen MR) is 101 cm³/mol. The van der Waals surface area contributed by atoms with Crippen molar-refractivity contribution in [2.75, 3.05) is 5.75 Å². The van der Waals surface area contributed by atoms with Gasteiger partial charge in [0.2, 0.25) is 5.89 Å². The standard InChI is InChI=1S/C20H20FN3O2S/c1-12-9-17(13(2)24(12)10-14-3-7-16(21)8-4-14)18(25)11-27-20-23-22-19(26-20)15-5-6-15/h3-4,7-9,15H,5-6,10-11H2,1-2H3. The highest BCUT2D eigenvalue weighted by Gasteiger charge is 2.29. The fourth-order valence-electron chi connectivity index (χ4n) is 3.08. The molecule has 1 aliphatic carbocycles. The molecule has 4 rings (SSSR count). The number of nitrogens with zero attached hydrogens (tertiary/aromatic N) is 3. The third-order valence-corrected chi connectivity index (χ3v) is 5.62. The van der Waals surface area contributed by atoms with Crippen molar-refractivity contribution in [3.8, 4) is 0 Å². The predicted octanol–water partition coefficient (Wildman–Crippen LogP) is 4.53. The molecule has 3 aromatic rings. The molecule has 1 aliphatic rings. The first-order valence-electron chi connectivity index (χ1n) is 8.92. The smallest absolute Gasteiger partial charge is 0.277 e. The number of thioether (sulfide) groups is 1. The molecular weight excluding hydrogens is 365 g/mol. The Hall–Kier alpha value is -2.41. The van der Waals surface area contributed by atoms with Crippen molar-refractivity contribution in [1.29, 1.82) is 0 Å². The van der Waals surface area contributed by atoms with Crippen molar-refractivity contribution in [3.05, 3.63) is 64.6 Å². The number of ketones is 1. The number of rotatable bonds is 7. The minimum absolute atomic E-state index is 0.0321. The molecule has 0 spiro atoms. The van der Waals surface area contributed by atoms with Gasteiger partial charge in [0.15, 0.2) is 5.78 Å². The van der Waals surface area contributed by atoms with E-state index in [0.29, 0.717) is 29.1 Å². The van der Waals surface area contributed by atoms with Gasteiger partial charge in [-0.3, -0.25) is 4.79 Å². The fourth-order valence-corrected chi connectivity index (χ4v) is 3.73. The molecule has 0 atom stereocenters. The van der Waals surface area contributed by atoms with Gasteiger partial charge in [0.05, 0.1) is 5.75 Å². The molecule has 2 aromatic heterocycles. The van der Waals surface area contributed by atoms with Crippen LogP contribution < -0.4 is 0 Å². The molecule has 140 valence electrons. The molecule has 1 aromatic carbocycles. The zero-order valence-electron chi connectivity index (χ0n) is 15.2. The van der Waals surface area contributed by atoms with Gasteiger partial charge in [-0.05, 0) is 50.5 Å². The Balaban J connectivity index is 1.44. The van der Waals surface area contributed by atoms with Gasteiger partial charge in [-0.15, -0.1) is 10.2 Å². The largest absolute Gasteiger partial charge is 0.416 e. The van der Waals surface area contributed by atoms with E-state index >= 15 is 0 Å². The first kappa shape index (κ1) is 18.0. The molecule has 5 nitrogen and oxygen atoms in total. The van der Waals surface area contributed by atoms with Crippen LogP contribution in [0.1, 0.15) is 52.0 Å². The molecule has 0 radical (unpaired) electrons. The molecule has 1 fully saturated rings. The monoisotopic (exact) mass is 385 g/mol. The fraction of sp³-hybridized carbons (Fsp3) is 0.350. The van der Waals surface area contributed by atoms with Crippen LogP contribution in [0.25, 0.3) is 0 Å². The van der Waals surface area contributed by atoms with E-state index in [1.165, 1.54) is 23.9 Å². The molecule has 1 saturated carbocycles. The number of benzene rings is 1. The van der Waals surface area contributed by atoms with Crippen LogP contribution >= 0.6 is 11.8 Å². The van der Waals surface area contributed by atoms with Gasteiger partial charge >= 0.3 is 0 Å². The lowest BCUT2D eigenvalue weighted by Crippen LogP contribution is -2.07. The van der Waals surface area contributed by atoms with Crippen LogP contribution in [0.3, 0.4) is 0 Å². The summed E-state index contributed by atoms with van der Waals surface area (Å²) in [6.07, 6.45) is 2.20. The van der Waals surface area contributed by atoms with E-state index < -0.39 is 0 Å². The van der Waals surface area contributed by atoms with E-state index in [9.17, 15) is 9.18 Å². The van der Waals surface area contributed by atoms with E-state index in [0.717, 1.165) is 29.8 Å². The zero-order chi connectivity index (χ0) is 19.0. The second kappa shape index (κ2) is 7.31. The highest BCUT2D eigenvalue weighted by molar-refractivity contribution is 7.99. The lowest BCUT2D eigenvalue weighted by Gasteiger charge is -2.10. The van der Waals surface area contributed by atoms with Crippen LogP contribution in [0.2, 0.25) is 0 Å². The van der Waals surface area contributed by atoms with E-state index in [4.69, 9.17) is 4.42 Å². The van der Waals surface area contributed by atoms with Gasteiger partial charge in [0.1, 0.15) is 5.82 Å². The van der Waals surface area contributed by atoms with E-state index in [-0.39, 0.29) is 17.4 Å². The molecule has 0 saturated heterocycles. The third kappa shape index (κ3) is 3.98. The first-order chi connectivity index (χ1) is 13.0. The Kier molecular flexibility index (Phi) is 4.86. The van der Waals surface area contributed by atoms with Crippen molar-refractivity contribution < 1.29 is 13.6 Å². The van der Waals surface area contributed by atoms with Crippen molar-refractivity contribution in [2.24, 2.45) is 0 Å². The molecule has 0 unspecified atom stereocenters. The summed E-state index contributed by atoms with van der Waals surface area (Å²) < 4.78 is 20.8. The second-order valence-corrected chi connectivity index (χ2v) is 7.82. The van der Waals surface area contributed by atoms with Crippen LogP contribution in [0.15, 0.2) is 40.0 Å².